The molecular weight excluding hydrogens is 665 g/mol. The Kier molecular flexibility index (Phi) is 7.82. The van der Waals surface area contributed by atoms with Crippen molar-refractivity contribution in [3.8, 4) is 44.5 Å². The molecule has 9 aromatic rings. The van der Waals surface area contributed by atoms with Crippen molar-refractivity contribution in [1.82, 2.24) is 4.98 Å². The predicted octanol–water partition coefficient (Wildman–Crippen LogP) is 14.5. The second-order valence-corrected chi connectivity index (χ2v) is 14.0. The van der Waals surface area contributed by atoms with Crippen LogP contribution in [0.3, 0.4) is 0 Å². The molecule has 1 aromatic heterocycles. The number of nitrogens with zero attached hydrogens (tertiary/aromatic N) is 2. The average molecular weight is 701 g/mol. The third kappa shape index (κ3) is 5.22. The number of hydrogen-bond acceptors (Lipinski definition) is 2. The van der Waals surface area contributed by atoms with Gasteiger partial charge < -0.3 is 4.90 Å². The standard InChI is InChI=1S/C53H36N2/c1-3-42-43(36-27-29-41(30-28-36)55(40-22-11-6-12-23-40)48-34-54-33-39-21-13-14-24-44(39)48)31-32-47-49(42)35(2)50-51(37-17-7-4-8-18-37)45-25-15-16-26-46(45)52(53(47)50)38-19-9-5-10-20-38/h3-34H,1-2H2. The summed E-state index contributed by atoms with van der Waals surface area (Å²) < 4.78 is 0. The van der Waals surface area contributed by atoms with Crippen molar-refractivity contribution in [1.29, 1.82) is 0 Å². The molecule has 0 fully saturated rings. The number of hydrogen-bond donors (Lipinski definition) is 0. The molecule has 1 aliphatic carbocycles. The van der Waals surface area contributed by atoms with Crippen LogP contribution in [-0.4, -0.2) is 4.98 Å². The van der Waals surface area contributed by atoms with Gasteiger partial charge in [0.15, 0.2) is 0 Å². The molecule has 1 heterocycles. The Morgan fingerprint density at radius 2 is 0.945 bits per heavy atom. The van der Waals surface area contributed by atoms with E-state index in [9.17, 15) is 0 Å². The number of rotatable bonds is 7. The van der Waals surface area contributed by atoms with Crippen molar-refractivity contribution in [2.45, 2.75) is 0 Å². The van der Waals surface area contributed by atoms with Crippen LogP contribution in [-0.2, 0) is 0 Å². The second-order valence-electron chi connectivity index (χ2n) is 14.0. The van der Waals surface area contributed by atoms with Gasteiger partial charge in [0.05, 0.1) is 11.9 Å². The van der Waals surface area contributed by atoms with Crippen LogP contribution in [0.15, 0.2) is 201 Å². The average Bonchev–Trinajstić information content (AvgIpc) is 3.55. The topological polar surface area (TPSA) is 16.1 Å². The first-order chi connectivity index (χ1) is 27.2. The zero-order chi connectivity index (χ0) is 36.9. The molecule has 0 atom stereocenters. The molecule has 0 bridgehead atoms. The van der Waals surface area contributed by atoms with E-state index in [1.54, 1.807) is 0 Å². The van der Waals surface area contributed by atoms with Crippen LogP contribution < -0.4 is 4.90 Å². The maximum absolute atomic E-state index is 4.88. The van der Waals surface area contributed by atoms with Crippen LogP contribution in [0.5, 0.6) is 0 Å². The highest BCUT2D eigenvalue weighted by Gasteiger charge is 2.33. The summed E-state index contributed by atoms with van der Waals surface area (Å²) in [6.45, 7) is 9.28. The molecule has 0 aliphatic heterocycles. The van der Waals surface area contributed by atoms with E-state index in [0.717, 1.165) is 55.7 Å². The molecule has 2 heteroatoms. The second kappa shape index (κ2) is 13.3. The Labute approximate surface area is 321 Å². The van der Waals surface area contributed by atoms with Gasteiger partial charge in [-0.1, -0.05) is 171 Å². The van der Waals surface area contributed by atoms with Crippen LogP contribution in [0.1, 0.15) is 16.7 Å². The van der Waals surface area contributed by atoms with Gasteiger partial charge in [-0.05, 0) is 102 Å². The number of fused-ring (bicyclic) bond motifs is 5. The van der Waals surface area contributed by atoms with Gasteiger partial charge in [0.2, 0.25) is 0 Å². The highest BCUT2D eigenvalue weighted by atomic mass is 15.1. The van der Waals surface area contributed by atoms with Crippen molar-refractivity contribution in [3.63, 3.8) is 0 Å². The van der Waals surface area contributed by atoms with Crippen molar-refractivity contribution in [2.24, 2.45) is 0 Å². The van der Waals surface area contributed by atoms with Crippen LogP contribution in [0.25, 0.3) is 77.7 Å². The summed E-state index contributed by atoms with van der Waals surface area (Å²) in [6.07, 6.45) is 5.90. The molecule has 0 saturated heterocycles. The Bertz CT molecular complexity index is 2920. The highest BCUT2D eigenvalue weighted by molar-refractivity contribution is 6.22. The van der Waals surface area contributed by atoms with E-state index in [1.807, 2.05) is 18.5 Å². The molecule has 0 N–H and O–H groups in total. The Morgan fingerprint density at radius 1 is 0.418 bits per heavy atom. The molecular formula is C53H36N2. The normalized spacial score (nSPS) is 11.7. The van der Waals surface area contributed by atoms with Crippen molar-refractivity contribution in [3.05, 3.63) is 218 Å². The number of para-hydroxylation sites is 1. The van der Waals surface area contributed by atoms with Crippen molar-refractivity contribution >= 4 is 50.3 Å². The zero-order valence-corrected chi connectivity index (χ0v) is 30.3. The van der Waals surface area contributed by atoms with Crippen LogP contribution in [0.2, 0.25) is 0 Å². The number of aromatic nitrogens is 1. The minimum absolute atomic E-state index is 1.03. The molecule has 1 aliphatic rings. The lowest BCUT2D eigenvalue weighted by Gasteiger charge is -2.26. The quantitative estimate of drug-likeness (QED) is 0.165. The first-order valence-corrected chi connectivity index (χ1v) is 18.7. The SMILES string of the molecule is C=Cc1c(-c2ccc(N(c3ccccc3)c3cncc4ccccc34)cc2)ccc2c1C(=C)c1c-2c(-c2ccccc2)c2ccccc2c1-c1ccccc1. The minimum atomic E-state index is 1.03. The van der Waals surface area contributed by atoms with Gasteiger partial charge in [0, 0.05) is 28.3 Å². The maximum atomic E-state index is 4.88. The molecule has 2 nitrogen and oxygen atoms in total. The largest absolute Gasteiger partial charge is 0.308 e. The summed E-state index contributed by atoms with van der Waals surface area (Å²) in [7, 11) is 0. The fraction of sp³-hybridized carbons (Fsp3) is 0. The smallest absolute Gasteiger partial charge is 0.0723 e. The van der Waals surface area contributed by atoms with Gasteiger partial charge in [-0.3, -0.25) is 4.98 Å². The van der Waals surface area contributed by atoms with E-state index in [4.69, 9.17) is 6.58 Å². The van der Waals surface area contributed by atoms with Gasteiger partial charge >= 0.3 is 0 Å². The lowest BCUT2D eigenvalue weighted by atomic mass is 9.83. The number of anilines is 3. The molecule has 55 heavy (non-hydrogen) atoms. The van der Waals surface area contributed by atoms with Crippen molar-refractivity contribution in [2.75, 3.05) is 4.90 Å². The first kappa shape index (κ1) is 32.4. The van der Waals surface area contributed by atoms with Crippen molar-refractivity contribution < 1.29 is 0 Å². The molecule has 0 radical (unpaired) electrons. The first-order valence-electron chi connectivity index (χ1n) is 18.7. The van der Waals surface area contributed by atoms with Gasteiger partial charge in [0.25, 0.3) is 0 Å². The Hall–Kier alpha value is -7.29. The van der Waals surface area contributed by atoms with E-state index in [1.165, 1.54) is 49.7 Å². The highest BCUT2D eigenvalue weighted by Crippen LogP contribution is 2.57. The van der Waals surface area contributed by atoms with Crippen LogP contribution >= 0.6 is 0 Å². The Morgan fingerprint density at radius 3 is 1.58 bits per heavy atom. The zero-order valence-electron chi connectivity index (χ0n) is 30.3. The summed E-state index contributed by atoms with van der Waals surface area (Å²) >= 11 is 0. The lowest BCUT2D eigenvalue weighted by Crippen LogP contribution is -2.10. The summed E-state index contributed by atoms with van der Waals surface area (Å²) in [5, 5.41) is 4.71. The minimum Gasteiger partial charge on any atom is -0.308 e. The molecule has 0 amide bonds. The van der Waals surface area contributed by atoms with Gasteiger partial charge in [0.1, 0.15) is 0 Å². The molecule has 8 aromatic carbocycles. The maximum Gasteiger partial charge on any atom is 0.0723 e. The van der Waals surface area contributed by atoms with Crippen LogP contribution in [0, 0.1) is 0 Å². The van der Waals surface area contributed by atoms with E-state index < -0.39 is 0 Å². The van der Waals surface area contributed by atoms with E-state index in [0.29, 0.717) is 0 Å². The molecule has 0 spiro atoms. The number of benzene rings is 8. The van der Waals surface area contributed by atoms with Crippen LogP contribution in [0.4, 0.5) is 17.1 Å². The third-order valence-corrected chi connectivity index (χ3v) is 11.0. The summed E-state index contributed by atoms with van der Waals surface area (Å²) in [6, 6.07) is 62.7. The monoisotopic (exact) mass is 700 g/mol. The molecule has 258 valence electrons. The van der Waals surface area contributed by atoms with E-state index in [-0.39, 0.29) is 0 Å². The molecule has 0 saturated carbocycles. The fourth-order valence-corrected chi connectivity index (χ4v) is 8.63. The van der Waals surface area contributed by atoms with E-state index in [2.05, 4.69) is 192 Å². The molecule has 0 unspecified atom stereocenters. The summed E-state index contributed by atoms with van der Waals surface area (Å²) in [5.74, 6) is 0. The molecule has 10 rings (SSSR count). The number of pyridine rings is 1. The summed E-state index contributed by atoms with van der Waals surface area (Å²) in [4.78, 5) is 6.92. The summed E-state index contributed by atoms with van der Waals surface area (Å²) in [5.41, 5.74) is 17.1. The van der Waals surface area contributed by atoms with Gasteiger partial charge in [-0.2, -0.15) is 0 Å². The van der Waals surface area contributed by atoms with E-state index >= 15 is 0 Å². The Balaban J connectivity index is 1.16. The third-order valence-electron chi connectivity index (χ3n) is 11.0. The predicted molar refractivity (Wildman–Crippen MR) is 234 cm³/mol. The fourth-order valence-electron chi connectivity index (χ4n) is 8.63. The lowest BCUT2D eigenvalue weighted by molar-refractivity contribution is 1.25. The van der Waals surface area contributed by atoms with Gasteiger partial charge in [-0.25, -0.2) is 0 Å². The van der Waals surface area contributed by atoms with Gasteiger partial charge in [-0.15, -0.1) is 0 Å².